The zero-order chi connectivity index (χ0) is 15.1. The van der Waals surface area contributed by atoms with E-state index in [4.69, 9.17) is 23.2 Å². The van der Waals surface area contributed by atoms with Crippen molar-refractivity contribution in [2.24, 2.45) is 0 Å². The van der Waals surface area contributed by atoms with E-state index in [2.05, 4.69) is 10.6 Å². The van der Waals surface area contributed by atoms with Crippen molar-refractivity contribution in [3.8, 4) is 0 Å². The molecule has 112 valence electrons. The van der Waals surface area contributed by atoms with Gasteiger partial charge >= 0.3 is 0 Å². The van der Waals surface area contributed by atoms with Crippen molar-refractivity contribution in [3.05, 3.63) is 21.5 Å². The van der Waals surface area contributed by atoms with E-state index in [1.165, 1.54) is 0 Å². The molecule has 1 rings (SSSR count). The number of rotatable bonds is 8. The van der Waals surface area contributed by atoms with Crippen LogP contribution in [-0.4, -0.2) is 24.7 Å². The maximum absolute atomic E-state index is 12.1. The summed E-state index contributed by atoms with van der Waals surface area (Å²) in [6.07, 6.45) is 3.73. The van der Waals surface area contributed by atoms with E-state index in [-0.39, 0.29) is 21.5 Å². The third-order valence-electron chi connectivity index (χ3n) is 2.96. The second kappa shape index (κ2) is 8.32. The molecule has 0 fully saturated rings. The summed E-state index contributed by atoms with van der Waals surface area (Å²) in [4.78, 5) is 24.3. The van der Waals surface area contributed by atoms with Gasteiger partial charge in [0.2, 0.25) is 11.6 Å². The van der Waals surface area contributed by atoms with Crippen LogP contribution in [0.5, 0.6) is 0 Å². The Bertz CT molecular complexity index is 414. The lowest BCUT2D eigenvalue weighted by Crippen LogP contribution is -2.34. The minimum Gasteiger partial charge on any atom is -0.381 e. The van der Waals surface area contributed by atoms with E-state index < -0.39 is 11.6 Å². The molecule has 0 bridgehead atoms. The average molecular weight is 319 g/mol. The predicted octanol–water partition coefficient (Wildman–Crippen LogP) is 2.82. The van der Waals surface area contributed by atoms with Crippen LogP contribution in [0.15, 0.2) is 21.5 Å². The van der Waals surface area contributed by atoms with Gasteiger partial charge in [-0.05, 0) is 12.8 Å². The molecule has 1 aliphatic rings. The van der Waals surface area contributed by atoms with E-state index in [0.717, 1.165) is 25.7 Å². The Labute approximate surface area is 129 Å². The summed E-state index contributed by atoms with van der Waals surface area (Å²) in [5.41, 5.74) is 0.215. The fourth-order valence-electron chi connectivity index (χ4n) is 1.74. The molecular weight excluding hydrogens is 299 g/mol. The Morgan fingerprint density at radius 1 is 0.800 bits per heavy atom. The topological polar surface area (TPSA) is 58.2 Å². The van der Waals surface area contributed by atoms with E-state index in [9.17, 15) is 9.59 Å². The van der Waals surface area contributed by atoms with Crippen LogP contribution in [0.3, 0.4) is 0 Å². The SMILES string of the molecule is CCCCNC1=C(Cl)C(=O)C(NCCCC)=C(Cl)C1=O. The summed E-state index contributed by atoms with van der Waals surface area (Å²) in [7, 11) is 0. The number of allylic oxidation sites excluding steroid dienone is 2. The monoisotopic (exact) mass is 318 g/mol. The summed E-state index contributed by atoms with van der Waals surface area (Å²) in [6.45, 7) is 5.25. The highest BCUT2D eigenvalue weighted by molar-refractivity contribution is 6.55. The van der Waals surface area contributed by atoms with Gasteiger partial charge in [-0.3, -0.25) is 9.59 Å². The average Bonchev–Trinajstić information content (AvgIpc) is 2.44. The molecule has 0 heterocycles. The molecule has 6 heteroatoms. The standard InChI is InChI=1S/C14H20Cl2N2O2/c1-3-5-7-17-11-9(15)14(20)12(10(16)13(11)19)18-8-6-4-2/h17-18H,3-8H2,1-2H3. The third kappa shape index (κ3) is 4.00. The number of carbonyl (C=O) groups is 2. The van der Waals surface area contributed by atoms with Crippen LogP contribution >= 0.6 is 23.2 Å². The number of hydrogen-bond donors (Lipinski definition) is 2. The molecule has 1 aliphatic carbocycles. The fourth-order valence-corrected chi connectivity index (χ4v) is 2.24. The number of hydrogen-bond acceptors (Lipinski definition) is 4. The van der Waals surface area contributed by atoms with E-state index in [0.29, 0.717) is 13.1 Å². The lowest BCUT2D eigenvalue weighted by Gasteiger charge is -2.20. The normalized spacial score (nSPS) is 16.0. The van der Waals surface area contributed by atoms with Gasteiger partial charge in [-0.2, -0.15) is 0 Å². The fraction of sp³-hybridized carbons (Fsp3) is 0.571. The summed E-state index contributed by atoms with van der Waals surface area (Å²) in [5.74, 6) is -0.849. The van der Waals surface area contributed by atoms with Gasteiger partial charge in [0.05, 0.1) is 0 Å². The first kappa shape index (κ1) is 17.1. The van der Waals surface area contributed by atoms with Gasteiger partial charge < -0.3 is 10.6 Å². The second-order valence-corrected chi connectivity index (χ2v) is 5.35. The Kier molecular flexibility index (Phi) is 7.10. The van der Waals surface area contributed by atoms with E-state index >= 15 is 0 Å². The Hall–Kier alpha value is -1.00. The second-order valence-electron chi connectivity index (χ2n) is 4.60. The van der Waals surface area contributed by atoms with Gasteiger partial charge in [0.25, 0.3) is 0 Å². The Morgan fingerprint density at radius 2 is 1.15 bits per heavy atom. The Morgan fingerprint density at radius 3 is 1.45 bits per heavy atom. The number of Topliss-reactive ketones (excluding diaryl/α,β-unsaturated/α-hetero) is 2. The summed E-state index contributed by atoms with van der Waals surface area (Å²) < 4.78 is 0. The van der Waals surface area contributed by atoms with Crippen molar-refractivity contribution >= 4 is 34.8 Å². The van der Waals surface area contributed by atoms with Crippen molar-refractivity contribution in [1.29, 1.82) is 0 Å². The van der Waals surface area contributed by atoms with Crippen molar-refractivity contribution in [2.75, 3.05) is 13.1 Å². The predicted molar refractivity (Wildman–Crippen MR) is 81.6 cm³/mol. The molecule has 0 aromatic heterocycles. The van der Waals surface area contributed by atoms with Gasteiger partial charge in [0.1, 0.15) is 21.5 Å². The number of unbranched alkanes of at least 4 members (excludes halogenated alkanes) is 2. The number of carbonyl (C=O) groups excluding carboxylic acids is 2. The molecule has 2 N–H and O–H groups in total. The lowest BCUT2D eigenvalue weighted by atomic mass is 10.1. The minimum atomic E-state index is -0.425. The van der Waals surface area contributed by atoms with Crippen molar-refractivity contribution in [2.45, 2.75) is 39.5 Å². The van der Waals surface area contributed by atoms with Crippen LogP contribution in [0, 0.1) is 0 Å². The molecule has 0 atom stereocenters. The molecule has 0 unspecified atom stereocenters. The summed E-state index contributed by atoms with van der Waals surface area (Å²) >= 11 is 12.0. The first-order valence-corrected chi connectivity index (χ1v) is 7.66. The summed E-state index contributed by atoms with van der Waals surface area (Å²) in [5, 5.41) is 5.63. The molecule has 0 spiro atoms. The first-order valence-electron chi connectivity index (χ1n) is 6.91. The van der Waals surface area contributed by atoms with Crippen LogP contribution in [0.25, 0.3) is 0 Å². The number of halogens is 2. The summed E-state index contributed by atoms with van der Waals surface area (Å²) in [6, 6.07) is 0. The largest absolute Gasteiger partial charge is 0.381 e. The van der Waals surface area contributed by atoms with E-state index in [1.807, 2.05) is 13.8 Å². The lowest BCUT2D eigenvalue weighted by molar-refractivity contribution is -0.116. The molecule has 0 saturated carbocycles. The van der Waals surface area contributed by atoms with Gasteiger partial charge in [-0.1, -0.05) is 49.9 Å². The van der Waals surface area contributed by atoms with Crippen LogP contribution in [-0.2, 0) is 9.59 Å². The highest BCUT2D eigenvalue weighted by atomic mass is 35.5. The van der Waals surface area contributed by atoms with Crippen LogP contribution in [0.1, 0.15) is 39.5 Å². The number of nitrogens with one attached hydrogen (secondary N) is 2. The minimum absolute atomic E-state index is 0.0884. The molecule has 0 amide bonds. The molecular formula is C14H20Cl2N2O2. The molecule has 0 radical (unpaired) electrons. The first-order chi connectivity index (χ1) is 9.54. The highest BCUT2D eigenvalue weighted by Gasteiger charge is 2.32. The van der Waals surface area contributed by atoms with Gasteiger partial charge in [0, 0.05) is 13.1 Å². The van der Waals surface area contributed by atoms with Gasteiger partial charge in [-0.25, -0.2) is 0 Å². The van der Waals surface area contributed by atoms with Crippen molar-refractivity contribution in [1.82, 2.24) is 10.6 Å². The van der Waals surface area contributed by atoms with Crippen LogP contribution in [0.4, 0.5) is 0 Å². The highest BCUT2D eigenvalue weighted by Crippen LogP contribution is 2.26. The zero-order valence-corrected chi connectivity index (χ0v) is 13.3. The molecule has 0 aromatic carbocycles. The van der Waals surface area contributed by atoms with Gasteiger partial charge in [0.15, 0.2) is 0 Å². The smallest absolute Gasteiger partial charge is 0.224 e. The van der Waals surface area contributed by atoms with Crippen molar-refractivity contribution < 1.29 is 9.59 Å². The van der Waals surface area contributed by atoms with Crippen LogP contribution < -0.4 is 10.6 Å². The van der Waals surface area contributed by atoms with Crippen molar-refractivity contribution in [3.63, 3.8) is 0 Å². The van der Waals surface area contributed by atoms with Crippen LogP contribution in [0.2, 0.25) is 0 Å². The van der Waals surface area contributed by atoms with E-state index in [1.54, 1.807) is 0 Å². The zero-order valence-electron chi connectivity index (χ0n) is 11.8. The molecule has 0 aromatic rings. The molecule has 0 aliphatic heterocycles. The third-order valence-corrected chi connectivity index (χ3v) is 3.68. The Balaban J connectivity index is 2.84. The van der Waals surface area contributed by atoms with Gasteiger partial charge in [-0.15, -0.1) is 0 Å². The number of ketones is 2. The maximum Gasteiger partial charge on any atom is 0.224 e. The quantitative estimate of drug-likeness (QED) is 0.533. The molecule has 20 heavy (non-hydrogen) atoms. The maximum atomic E-state index is 12.1. The molecule has 4 nitrogen and oxygen atoms in total. The molecule has 0 saturated heterocycles.